The minimum Gasteiger partial charge on any atom is -0.264 e. The van der Waals surface area contributed by atoms with Gasteiger partial charge in [0.2, 0.25) is 0 Å². The third-order valence-corrected chi connectivity index (χ3v) is 5.53. The fourth-order valence-corrected chi connectivity index (χ4v) is 3.97. The van der Waals surface area contributed by atoms with Crippen molar-refractivity contribution in [3.05, 3.63) is 51.7 Å². The van der Waals surface area contributed by atoms with Gasteiger partial charge in [-0.1, -0.05) is 22.9 Å². The lowest BCUT2D eigenvalue weighted by Gasteiger charge is -2.12. The lowest BCUT2D eigenvalue weighted by molar-refractivity contribution is 0.337. The van der Waals surface area contributed by atoms with E-state index in [1.165, 1.54) is 17.0 Å². The van der Waals surface area contributed by atoms with Crippen LogP contribution in [0.15, 0.2) is 45.8 Å². The lowest BCUT2D eigenvalue weighted by atomic mass is 9.97. The summed E-state index contributed by atoms with van der Waals surface area (Å²) in [7, 11) is -3.85. The summed E-state index contributed by atoms with van der Waals surface area (Å²) in [5.74, 6) is 0. The second kappa shape index (κ2) is 5.61. The first-order chi connectivity index (χ1) is 10.1. The molecule has 6 heteroatoms. The number of aryl methyl sites for hydroxylation is 2. The molecule has 4 nitrogen and oxygen atoms in total. The van der Waals surface area contributed by atoms with Crippen LogP contribution in [0, 0.1) is 6.92 Å². The number of rotatable bonds is 3. The van der Waals surface area contributed by atoms with E-state index >= 15 is 0 Å². The first-order valence-corrected chi connectivity index (χ1v) is 8.99. The summed E-state index contributed by atoms with van der Waals surface area (Å²) in [5, 5.41) is 5.90. The highest BCUT2D eigenvalue weighted by Gasteiger charge is 2.20. The Labute approximate surface area is 128 Å². The normalized spacial score (nSPS) is 16.7. The van der Waals surface area contributed by atoms with Crippen LogP contribution in [-0.4, -0.2) is 14.1 Å². The number of benzene rings is 1. The van der Waals surface area contributed by atoms with Crippen LogP contribution in [0.2, 0.25) is 0 Å². The number of hydrogen-bond acceptors (Lipinski definition) is 5. The minimum absolute atomic E-state index is 0.124. The Kier molecular flexibility index (Phi) is 3.82. The van der Waals surface area contributed by atoms with Crippen molar-refractivity contribution in [2.75, 3.05) is 0 Å². The third kappa shape index (κ3) is 3.01. The Bertz CT molecular complexity index is 774. The van der Waals surface area contributed by atoms with Gasteiger partial charge in [0.15, 0.2) is 0 Å². The maximum Gasteiger partial charge on any atom is 0.358 e. The summed E-state index contributed by atoms with van der Waals surface area (Å²) in [6, 6.07) is 8.51. The van der Waals surface area contributed by atoms with E-state index in [1.807, 2.05) is 18.4 Å². The molecule has 0 spiro atoms. The monoisotopic (exact) mass is 321 g/mol. The van der Waals surface area contributed by atoms with Crippen LogP contribution in [0.1, 0.15) is 28.8 Å². The van der Waals surface area contributed by atoms with Gasteiger partial charge in [0.25, 0.3) is 0 Å². The molecule has 110 valence electrons. The molecule has 0 unspecified atom stereocenters. The van der Waals surface area contributed by atoms with Gasteiger partial charge in [0.05, 0.1) is 5.71 Å². The zero-order valence-corrected chi connectivity index (χ0v) is 13.2. The second-order valence-corrected chi connectivity index (χ2v) is 7.52. The van der Waals surface area contributed by atoms with Crippen molar-refractivity contribution >= 4 is 27.2 Å². The van der Waals surface area contributed by atoms with Gasteiger partial charge in [-0.05, 0) is 49.8 Å². The Morgan fingerprint density at radius 3 is 2.67 bits per heavy atom. The third-order valence-electron chi connectivity index (χ3n) is 3.43. The highest BCUT2D eigenvalue weighted by molar-refractivity contribution is 7.86. The van der Waals surface area contributed by atoms with Gasteiger partial charge in [-0.2, -0.15) is 8.42 Å². The molecular formula is C15H15NO3S2. The van der Waals surface area contributed by atoms with E-state index in [0.717, 1.165) is 30.4 Å². The van der Waals surface area contributed by atoms with E-state index < -0.39 is 10.1 Å². The van der Waals surface area contributed by atoms with Crippen LogP contribution in [0.25, 0.3) is 0 Å². The zero-order chi connectivity index (χ0) is 14.9. The van der Waals surface area contributed by atoms with Gasteiger partial charge in [0.1, 0.15) is 4.90 Å². The fraction of sp³-hybridized carbons (Fsp3) is 0.267. The van der Waals surface area contributed by atoms with Gasteiger partial charge in [0, 0.05) is 10.4 Å². The number of hydrogen-bond donors (Lipinski definition) is 0. The Morgan fingerprint density at radius 1 is 1.14 bits per heavy atom. The molecule has 0 atom stereocenters. The summed E-state index contributed by atoms with van der Waals surface area (Å²) >= 11 is 1.67. The zero-order valence-electron chi connectivity index (χ0n) is 11.6. The van der Waals surface area contributed by atoms with Crippen LogP contribution in [0.5, 0.6) is 0 Å². The molecule has 0 bridgehead atoms. The summed E-state index contributed by atoms with van der Waals surface area (Å²) < 4.78 is 29.1. The molecule has 3 rings (SSSR count). The van der Waals surface area contributed by atoms with Gasteiger partial charge in [-0.3, -0.25) is 4.28 Å². The summed E-state index contributed by atoms with van der Waals surface area (Å²) in [6.07, 6.45) is 2.74. The first kappa shape index (κ1) is 14.3. The van der Waals surface area contributed by atoms with E-state index in [9.17, 15) is 8.42 Å². The molecular weight excluding hydrogens is 306 g/mol. The standard InChI is InChI=1S/C15H15NO3S2/c1-11-5-7-12(8-6-11)21(17,18)19-16-14-3-2-4-15-13(14)9-10-20-15/h5-10H,2-4H2,1H3/b16-14+. The largest absolute Gasteiger partial charge is 0.358 e. The molecule has 0 radical (unpaired) electrons. The number of oxime groups is 1. The molecule has 1 aliphatic carbocycles. The van der Waals surface area contributed by atoms with Crippen molar-refractivity contribution in [2.24, 2.45) is 5.16 Å². The average molecular weight is 321 g/mol. The van der Waals surface area contributed by atoms with E-state index in [4.69, 9.17) is 4.28 Å². The highest BCUT2D eigenvalue weighted by atomic mass is 32.2. The van der Waals surface area contributed by atoms with Crippen LogP contribution >= 0.6 is 11.3 Å². The van der Waals surface area contributed by atoms with Crippen molar-refractivity contribution in [1.29, 1.82) is 0 Å². The number of fused-ring (bicyclic) bond motifs is 1. The number of thiophene rings is 1. The Balaban J connectivity index is 1.85. The molecule has 1 aromatic carbocycles. The molecule has 0 saturated heterocycles. The molecule has 0 aliphatic heterocycles. The molecule has 1 aliphatic rings. The Hall–Kier alpha value is -1.66. The molecule has 21 heavy (non-hydrogen) atoms. The maximum atomic E-state index is 12.1. The van der Waals surface area contributed by atoms with Crippen LogP contribution < -0.4 is 0 Å². The highest BCUT2D eigenvalue weighted by Crippen LogP contribution is 2.27. The molecule has 2 aromatic rings. The summed E-state index contributed by atoms with van der Waals surface area (Å²) in [4.78, 5) is 1.37. The predicted molar refractivity (Wildman–Crippen MR) is 83.2 cm³/mol. The topological polar surface area (TPSA) is 55.7 Å². The predicted octanol–water partition coefficient (Wildman–Crippen LogP) is 3.50. The molecule has 1 heterocycles. The number of nitrogens with zero attached hydrogens (tertiary/aromatic N) is 1. The molecule has 1 aromatic heterocycles. The van der Waals surface area contributed by atoms with Crippen LogP contribution in [0.4, 0.5) is 0 Å². The molecule has 0 amide bonds. The van der Waals surface area contributed by atoms with Crippen molar-refractivity contribution in [2.45, 2.75) is 31.1 Å². The Morgan fingerprint density at radius 2 is 1.90 bits per heavy atom. The fourth-order valence-electron chi connectivity index (χ4n) is 2.28. The van der Waals surface area contributed by atoms with E-state index in [1.54, 1.807) is 23.5 Å². The first-order valence-electron chi connectivity index (χ1n) is 6.70. The second-order valence-electron chi connectivity index (χ2n) is 4.99. The van der Waals surface area contributed by atoms with Gasteiger partial charge in [-0.25, -0.2) is 0 Å². The van der Waals surface area contributed by atoms with Crippen molar-refractivity contribution < 1.29 is 12.7 Å². The average Bonchev–Trinajstić information content (AvgIpc) is 2.94. The van der Waals surface area contributed by atoms with Gasteiger partial charge >= 0.3 is 10.1 Å². The van der Waals surface area contributed by atoms with Crippen LogP contribution in [0.3, 0.4) is 0 Å². The van der Waals surface area contributed by atoms with E-state index in [0.29, 0.717) is 5.71 Å². The minimum atomic E-state index is -3.85. The lowest BCUT2D eigenvalue weighted by Crippen LogP contribution is -2.11. The smallest absolute Gasteiger partial charge is 0.264 e. The quantitative estimate of drug-likeness (QED) is 0.813. The SMILES string of the molecule is Cc1ccc(S(=O)(=O)O/N=C2\CCCc3sccc32)cc1. The molecule has 0 fully saturated rings. The summed E-state index contributed by atoms with van der Waals surface area (Å²) in [6.45, 7) is 1.90. The van der Waals surface area contributed by atoms with Crippen molar-refractivity contribution in [3.63, 3.8) is 0 Å². The molecule has 0 saturated carbocycles. The van der Waals surface area contributed by atoms with Crippen molar-refractivity contribution in [3.8, 4) is 0 Å². The van der Waals surface area contributed by atoms with Crippen molar-refractivity contribution in [1.82, 2.24) is 0 Å². The van der Waals surface area contributed by atoms with Crippen LogP contribution in [-0.2, 0) is 20.8 Å². The van der Waals surface area contributed by atoms with E-state index in [-0.39, 0.29) is 4.90 Å². The van der Waals surface area contributed by atoms with Gasteiger partial charge in [-0.15, -0.1) is 11.3 Å². The maximum absolute atomic E-state index is 12.1. The summed E-state index contributed by atoms with van der Waals surface area (Å²) in [5.41, 5.74) is 2.73. The van der Waals surface area contributed by atoms with Gasteiger partial charge < -0.3 is 0 Å². The molecule has 0 N–H and O–H groups in total. The van der Waals surface area contributed by atoms with E-state index in [2.05, 4.69) is 5.16 Å².